The Morgan fingerprint density at radius 1 is 0.720 bits per heavy atom. The van der Waals surface area contributed by atoms with E-state index in [0.717, 1.165) is 21.5 Å². The first-order chi connectivity index (χ1) is 11.7. The number of carbonyl (C=O) groups excluding carboxylic acids is 1. The van der Waals surface area contributed by atoms with E-state index in [1.165, 1.54) is 0 Å². The van der Waals surface area contributed by atoms with Gasteiger partial charge in [0.05, 0.1) is 5.56 Å². The van der Waals surface area contributed by atoms with Crippen LogP contribution in [-0.2, 0) is 0 Å². The molecule has 25 heavy (non-hydrogen) atoms. The molecule has 4 rings (SSSR count). The van der Waals surface area contributed by atoms with Crippen LogP contribution in [0.15, 0.2) is 78.9 Å². The van der Waals surface area contributed by atoms with Gasteiger partial charge in [-0.25, -0.2) is 0 Å². The van der Waals surface area contributed by atoms with Crippen LogP contribution >= 0.6 is 0 Å². The van der Waals surface area contributed by atoms with Crippen molar-refractivity contribution >= 4 is 62.7 Å². The molecule has 0 unspecified atom stereocenters. The van der Waals surface area contributed by atoms with Crippen molar-refractivity contribution in [1.82, 2.24) is 0 Å². The summed E-state index contributed by atoms with van der Waals surface area (Å²) in [6.45, 7) is 0. The van der Waals surface area contributed by atoms with Crippen molar-refractivity contribution in [3.8, 4) is 5.75 Å². The average molecular weight is 336 g/mol. The summed E-state index contributed by atoms with van der Waals surface area (Å²) in [6.07, 6.45) is 0. The Kier molecular flexibility index (Phi) is 5.09. The molecule has 0 spiro atoms. The number of phenolic OH excluding ortho intramolecular Hbond substituents is 1. The summed E-state index contributed by atoms with van der Waals surface area (Å²) < 4.78 is 0. The van der Waals surface area contributed by atoms with E-state index in [4.69, 9.17) is 0 Å². The molecule has 0 saturated heterocycles. The maximum Gasteiger partial charge on any atom is 0.259 e. The zero-order chi connectivity index (χ0) is 16.5. The van der Waals surface area contributed by atoms with Gasteiger partial charge in [-0.2, -0.15) is 0 Å². The van der Waals surface area contributed by atoms with Gasteiger partial charge in [-0.15, -0.1) is 0 Å². The minimum absolute atomic E-state index is 0. The zero-order valence-corrected chi connectivity index (χ0v) is 15.9. The Hall–Kier alpha value is -2.33. The zero-order valence-electron chi connectivity index (χ0n) is 13.9. The smallest absolute Gasteiger partial charge is 0.259 e. The number of fused-ring (bicyclic) bond motifs is 2. The number of rotatable bonds is 2. The van der Waals surface area contributed by atoms with Crippen LogP contribution in [0.25, 0.3) is 21.5 Å². The summed E-state index contributed by atoms with van der Waals surface area (Å²) in [5.41, 5.74) is 0.966. The van der Waals surface area contributed by atoms with Crippen molar-refractivity contribution in [1.29, 1.82) is 0 Å². The fourth-order valence-corrected chi connectivity index (χ4v) is 2.88. The van der Waals surface area contributed by atoms with Crippen molar-refractivity contribution in [2.75, 3.05) is 5.32 Å². The molecular formula is C21H15NNaO2. The minimum atomic E-state index is -0.325. The summed E-state index contributed by atoms with van der Waals surface area (Å²) in [5.74, 6) is -0.347. The predicted octanol–water partition coefficient (Wildman–Crippen LogP) is 4.57. The third kappa shape index (κ3) is 3.54. The molecule has 0 aliphatic rings. The van der Waals surface area contributed by atoms with Gasteiger partial charge in [0.15, 0.2) is 0 Å². The van der Waals surface area contributed by atoms with E-state index in [1.54, 1.807) is 12.1 Å². The molecule has 4 aromatic rings. The number of carbonyl (C=O) groups is 1. The van der Waals surface area contributed by atoms with Gasteiger partial charge in [-0.05, 0) is 45.8 Å². The molecular weight excluding hydrogens is 321 g/mol. The van der Waals surface area contributed by atoms with E-state index in [1.807, 2.05) is 66.7 Å². The van der Waals surface area contributed by atoms with Crippen LogP contribution in [0.5, 0.6) is 5.75 Å². The second kappa shape index (κ2) is 7.28. The topological polar surface area (TPSA) is 49.3 Å². The molecule has 0 fully saturated rings. The minimum Gasteiger partial charge on any atom is -0.507 e. The monoisotopic (exact) mass is 336 g/mol. The normalized spacial score (nSPS) is 10.4. The number of aromatic hydroxyl groups is 1. The van der Waals surface area contributed by atoms with Gasteiger partial charge in [0.2, 0.25) is 0 Å². The average Bonchev–Trinajstić information content (AvgIpc) is 2.61. The van der Waals surface area contributed by atoms with Crippen LogP contribution in [0, 0.1) is 0 Å². The van der Waals surface area contributed by atoms with E-state index in [2.05, 4.69) is 5.32 Å². The third-order valence-electron chi connectivity index (χ3n) is 4.12. The fraction of sp³-hybridized carbons (Fsp3) is 0. The number of amides is 1. The molecule has 1 radical (unpaired) electrons. The third-order valence-corrected chi connectivity index (χ3v) is 4.12. The number of nitrogens with one attached hydrogen (secondary N) is 1. The molecule has 117 valence electrons. The Morgan fingerprint density at radius 2 is 1.28 bits per heavy atom. The maximum absolute atomic E-state index is 12.5. The van der Waals surface area contributed by atoms with Gasteiger partial charge in [0, 0.05) is 35.2 Å². The molecule has 0 atom stereocenters. The quantitative estimate of drug-likeness (QED) is 0.527. The largest absolute Gasteiger partial charge is 0.507 e. The molecule has 0 heterocycles. The first-order valence-corrected chi connectivity index (χ1v) is 7.73. The van der Waals surface area contributed by atoms with Crippen molar-refractivity contribution < 1.29 is 9.90 Å². The number of benzene rings is 4. The second-order valence-corrected chi connectivity index (χ2v) is 5.73. The summed E-state index contributed by atoms with van der Waals surface area (Å²) in [4.78, 5) is 12.5. The predicted molar refractivity (Wildman–Crippen MR) is 103 cm³/mol. The van der Waals surface area contributed by atoms with E-state index in [9.17, 15) is 9.90 Å². The summed E-state index contributed by atoms with van der Waals surface area (Å²) >= 11 is 0. The van der Waals surface area contributed by atoms with Gasteiger partial charge in [-0.3, -0.25) is 4.79 Å². The van der Waals surface area contributed by atoms with Crippen molar-refractivity contribution in [3.63, 3.8) is 0 Å². The molecule has 1 amide bonds. The first kappa shape index (κ1) is 17.5. The number of anilines is 1. The van der Waals surface area contributed by atoms with Crippen LogP contribution in [-0.4, -0.2) is 40.6 Å². The van der Waals surface area contributed by atoms with E-state index < -0.39 is 0 Å². The molecule has 0 saturated carbocycles. The Morgan fingerprint density at radius 3 is 1.96 bits per heavy atom. The van der Waals surface area contributed by atoms with Crippen LogP contribution in [0.1, 0.15) is 10.4 Å². The van der Waals surface area contributed by atoms with Gasteiger partial charge >= 0.3 is 0 Å². The molecule has 4 aromatic carbocycles. The molecule has 0 bridgehead atoms. The Labute approximate surface area is 167 Å². The first-order valence-electron chi connectivity index (χ1n) is 7.73. The van der Waals surface area contributed by atoms with Crippen molar-refractivity contribution in [2.45, 2.75) is 0 Å². The van der Waals surface area contributed by atoms with E-state index in [0.29, 0.717) is 5.69 Å². The van der Waals surface area contributed by atoms with Crippen molar-refractivity contribution in [2.24, 2.45) is 0 Å². The van der Waals surface area contributed by atoms with Crippen molar-refractivity contribution in [3.05, 3.63) is 84.4 Å². The number of phenols is 1. The molecule has 4 heteroatoms. The van der Waals surface area contributed by atoms with E-state index in [-0.39, 0.29) is 46.8 Å². The molecule has 3 nitrogen and oxygen atoms in total. The SMILES string of the molecule is O=C(Nc1ccc2ccccc2c1)c1cc2ccccc2cc1O.[Na]. The van der Waals surface area contributed by atoms with Gasteiger partial charge in [-0.1, -0.05) is 54.6 Å². The second-order valence-electron chi connectivity index (χ2n) is 5.73. The molecule has 0 aliphatic heterocycles. The standard InChI is InChI=1S/C21H15NO2.Na/c23-20-13-17-8-4-3-7-16(17)12-19(20)21(24)22-18-10-9-14-5-1-2-6-15(14)11-18;/h1-13,23H,(H,22,24);. The number of hydrogen-bond acceptors (Lipinski definition) is 2. The van der Waals surface area contributed by atoms with E-state index >= 15 is 0 Å². The maximum atomic E-state index is 12.5. The molecule has 0 aromatic heterocycles. The van der Waals surface area contributed by atoms with Crippen LogP contribution in [0.3, 0.4) is 0 Å². The Bertz CT molecular complexity index is 1080. The molecule has 0 aliphatic carbocycles. The summed E-state index contributed by atoms with van der Waals surface area (Å²) in [5, 5.41) is 17.0. The fourth-order valence-electron chi connectivity index (χ4n) is 2.88. The van der Waals surface area contributed by atoms with Crippen LogP contribution in [0.4, 0.5) is 5.69 Å². The molecule has 2 N–H and O–H groups in total. The number of hydrogen-bond donors (Lipinski definition) is 2. The summed E-state index contributed by atoms with van der Waals surface area (Å²) in [6, 6.07) is 24.7. The van der Waals surface area contributed by atoms with Gasteiger partial charge in [0.25, 0.3) is 5.91 Å². The van der Waals surface area contributed by atoms with Gasteiger partial charge < -0.3 is 10.4 Å². The Balaban J connectivity index is 0.00000182. The van der Waals surface area contributed by atoms with Crippen LogP contribution in [0.2, 0.25) is 0 Å². The van der Waals surface area contributed by atoms with Gasteiger partial charge in [0.1, 0.15) is 5.75 Å². The van der Waals surface area contributed by atoms with Crippen LogP contribution < -0.4 is 5.32 Å². The summed E-state index contributed by atoms with van der Waals surface area (Å²) in [7, 11) is 0.